The Bertz CT molecular complexity index is 979. The fourth-order valence-corrected chi connectivity index (χ4v) is 5.01. The summed E-state index contributed by atoms with van der Waals surface area (Å²) in [6, 6.07) is 0. The molecule has 0 radical (unpaired) electrons. The Hall–Kier alpha value is -2.66. The van der Waals surface area contributed by atoms with E-state index in [2.05, 4.69) is 25.8 Å². The van der Waals surface area contributed by atoms with Crippen LogP contribution >= 0.6 is 22.7 Å². The first-order chi connectivity index (χ1) is 13.2. The van der Waals surface area contributed by atoms with Crippen LogP contribution in [0, 0.1) is 0 Å². The third kappa shape index (κ3) is 3.60. The van der Waals surface area contributed by atoms with E-state index < -0.39 is 0 Å². The highest BCUT2D eigenvalue weighted by Gasteiger charge is 2.28. The van der Waals surface area contributed by atoms with Gasteiger partial charge < -0.3 is 4.74 Å². The smallest absolute Gasteiger partial charge is 0.311 e. The molecule has 1 amide bonds. The number of nitrogens with one attached hydrogen (secondary N) is 1. The van der Waals surface area contributed by atoms with Crippen LogP contribution in [0.4, 0.5) is 5.13 Å². The molecule has 1 N–H and O–H groups in total. The van der Waals surface area contributed by atoms with Crippen molar-refractivity contribution in [1.29, 1.82) is 0 Å². The van der Waals surface area contributed by atoms with Gasteiger partial charge in [-0.05, 0) is 42.2 Å². The van der Waals surface area contributed by atoms with Crippen LogP contribution in [0.25, 0.3) is 5.00 Å². The topological polar surface area (TPSA) is 112 Å². The summed E-state index contributed by atoms with van der Waals surface area (Å²) < 4.78 is 6.44. The third-order valence-corrected chi connectivity index (χ3v) is 6.18. The number of rotatable bonds is 6. The lowest BCUT2D eigenvalue weighted by Crippen LogP contribution is -2.15. The van der Waals surface area contributed by atoms with Gasteiger partial charge in [0.1, 0.15) is 11.3 Å². The van der Waals surface area contributed by atoms with Gasteiger partial charge in [-0.25, -0.2) is 4.98 Å². The monoisotopic (exact) mass is 404 g/mol. The Labute approximate surface area is 162 Å². The lowest BCUT2D eigenvalue weighted by molar-refractivity contribution is -0.142. The molecule has 0 aliphatic heterocycles. The molecule has 0 aromatic carbocycles. The molecule has 27 heavy (non-hydrogen) atoms. The predicted octanol–water partition coefficient (Wildman–Crippen LogP) is 2.03. The molecule has 4 rings (SSSR count). The number of nitrogens with zero attached hydrogens (tertiary/aromatic N) is 5. The minimum absolute atomic E-state index is 0.0872. The number of tetrazole rings is 1. The van der Waals surface area contributed by atoms with Crippen LogP contribution in [0.15, 0.2) is 11.7 Å². The van der Waals surface area contributed by atoms with Gasteiger partial charge in [0.25, 0.3) is 5.91 Å². The highest BCUT2D eigenvalue weighted by atomic mass is 32.1. The predicted molar refractivity (Wildman–Crippen MR) is 99.5 cm³/mol. The van der Waals surface area contributed by atoms with Crippen molar-refractivity contribution in [3.8, 4) is 5.00 Å². The molecule has 3 aromatic rings. The van der Waals surface area contributed by atoms with Crippen LogP contribution in [-0.4, -0.2) is 43.7 Å². The number of thiazole rings is 1. The summed E-state index contributed by atoms with van der Waals surface area (Å²) >= 11 is 2.82. The van der Waals surface area contributed by atoms with Crippen LogP contribution in [0.5, 0.6) is 0 Å². The molecule has 3 aromatic heterocycles. The highest BCUT2D eigenvalue weighted by Crippen LogP contribution is 2.37. The van der Waals surface area contributed by atoms with Gasteiger partial charge in [0, 0.05) is 10.3 Å². The number of carbonyl (C=O) groups excluding carboxylic acids is 2. The summed E-state index contributed by atoms with van der Waals surface area (Å²) in [4.78, 5) is 30.1. The van der Waals surface area contributed by atoms with Crippen LogP contribution in [0.1, 0.15) is 39.8 Å². The molecular weight excluding hydrogens is 388 g/mol. The van der Waals surface area contributed by atoms with Crippen molar-refractivity contribution in [2.45, 2.75) is 32.6 Å². The zero-order chi connectivity index (χ0) is 18.8. The van der Waals surface area contributed by atoms with E-state index in [0.717, 1.165) is 24.8 Å². The lowest BCUT2D eigenvalue weighted by Gasteiger charge is -2.05. The highest BCUT2D eigenvalue weighted by molar-refractivity contribution is 7.15. The Morgan fingerprint density at radius 3 is 3.04 bits per heavy atom. The Morgan fingerprint density at radius 1 is 1.37 bits per heavy atom. The van der Waals surface area contributed by atoms with Gasteiger partial charge in [0.2, 0.25) is 0 Å². The van der Waals surface area contributed by atoms with Gasteiger partial charge >= 0.3 is 5.97 Å². The molecule has 0 bridgehead atoms. The standard InChI is InChI=1S/C16H16N6O3S2/c1-2-25-12(23)6-9-7-26-16(18-9)19-14(24)13-10-4-3-5-11(10)27-15(13)22-8-17-20-21-22/h7-8H,2-6H2,1H3,(H,18,19,24). The molecule has 0 fully saturated rings. The number of hydrogen-bond acceptors (Lipinski definition) is 9. The molecule has 0 spiro atoms. The molecule has 0 unspecified atom stereocenters. The van der Waals surface area contributed by atoms with Crippen LogP contribution in [0.2, 0.25) is 0 Å². The maximum absolute atomic E-state index is 13.0. The summed E-state index contributed by atoms with van der Waals surface area (Å²) in [5.41, 5.74) is 2.23. The number of aryl methyl sites for hydroxylation is 1. The fraction of sp³-hybridized carbons (Fsp3) is 0.375. The van der Waals surface area contributed by atoms with Crippen molar-refractivity contribution in [1.82, 2.24) is 25.2 Å². The van der Waals surface area contributed by atoms with Crippen molar-refractivity contribution in [3.05, 3.63) is 33.4 Å². The molecule has 140 valence electrons. The van der Waals surface area contributed by atoms with Crippen LogP contribution < -0.4 is 5.32 Å². The van der Waals surface area contributed by atoms with E-state index in [0.29, 0.717) is 28.0 Å². The Morgan fingerprint density at radius 2 is 2.26 bits per heavy atom. The quantitative estimate of drug-likeness (QED) is 0.626. The first-order valence-corrected chi connectivity index (χ1v) is 10.1. The number of carbonyl (C=O) groups is 2. The van der Waals surface area contributed by atoms with E-state index in [1.54, 1.807) is 23.6 Å². The number of thiophene rings is 1. The second-order valence-electron chi connectivity index (χ2n) is 5.87. The summed E-state index contributed by atoms with van der Waals surface area (Å²) in [5, 5.41) is 17.0. The van der Waals surface area contributed by atoms with Crippen LogP contribution in [-0.2, 0) is 28.8 Å². The number of esters is 1. The number of anilines is 1. The number of aromatic nitrogens is 5. The average molecular weight is 404 g/mol. The van der Waals surface area contributed by atoms with Gasteiger partial charge in [0.15, 0.2) is 5.13 Å². The van der Waals surface area contributed by atoms with Gasteiger partial charge in [-0.15, -0.1) is 27.8 Å². The van der Waals surface area contributed by atoms with E-state index in [9.17, 15) is 9.59 Å². The van der Waals surface area contributed by atoms with Gasteiger partial charge in [-0.2, -0.15) is 4.68 Å². The zero-order valence-corrected chi connectivity index (χ0v) is 16.1. The van der Waals surface area contributed by atoms with Crippen molar-refractivity contribution in [2.24, 2.45) is 0 Å². The van der Waals surface area contributed by atoms with Crippen molar-refractivity contribution in [2.75, 3.05) is 11.9 Å². The summed E-state index contributed by atoms with van der Waals surface area (Å²) in [6.07, 6.45) is 4.44. The molecule has 0 saturated carbocycles. The van der Waals surface area contributed by atoms with Gasteiger partial charge in [0.05, 0.1) is 24.3 Å². The van der Waals surface area contributed by atoms with Gasteiger partial charge in [-0.3, -0.25) is 14.9 Å². The lowest BCUT2D eigenvalue weighted by atomic mass is 10.1. The maximum atomic E-state index is 13.0. The minimum Gasteiger partial charge on any atom is -0.466 e. The SMILES string of the molecule is CCOC(=O)Cc1csc(NC(=O)c2c(-n3cnnn3)sc3c2CCC3)n1. The normalized spacial score (nSPS) is 12.8. The molecule has 0 saturated heterocycles. The molecular formula is C16H16N6O3S2. The number of amides is 1. The fourth-order valence-electron chi connectivity index (χ4n) is 3.00. The molecule has 11 heteroatoms. The Kier molecular flexibility index (Phi) is 4.94. The second kappa shape index (κ2) is 7.53. The maximum Gasteiger partial charge on any atom is 0.311 e. The second-order valence-corrected chi connectivity index (χ2v) is 7.81. The third-order valence-electron chi connectivity index (χ3n) is 4.09. The summed E-state index contributed by atoms with van der Waals surface area (Å²) in [5.74, 6) is -0.575. The molecule has 1 aliphatic rings. The largest absolute Gasteiger partial charge is 0.466 e. The van der Waals surface area contributed by atoms with E-state index >= 15 is 0 Å². The minimum atomic E-state index is -0.336. The number of ether oxygens (including phenoxy) is 1. The molecule has 1 aliphatic carbocycles. The zero-order valence-electron chi connectivity index (χ0n) is 14.5. The van der Waals surface area contributed by atoms with E-state index in [1.807, 2.05) is 0 Å². The van der Waals surface area contributed by atoms with E-state index in [-0.39, 0.29) is 18.3 Å². The van der Waals surface area contributed by atoms with Crippen molar-refractivity contribution >= 4 is 39.7 Å². The van der Waals surface area contributed by atoms with Gasteiger partial charge in [-0.1, -0.05) is 0 Å². The number of fused-ring (bicyclic) bond motifs is 1. The average Bonchev–Trinajstić information content (AvgIpc) is 3.39. The Balaban J connectivity index is 1.56. The van der Waals surface area contributed by atoms with Crippen molar-refractivity contribution < 1.29 is 14.3 Å². The number of hydrogen-bond donors (Lipinski definition) is 1. The van der Waals surface area contributed by atoms with E-state index in [4.69, 9.17) is 4.74 Å². The molecule has 3 heterocycles. The van der Waals surface area contributed by atoms with Crippen LogP contribution in [0.3, 0.4) is 0 Å². The first-order valence-electron chi connectivity index (χ1n) is 8.45. The molecule has 9 nitrogen and oxygen atoms in total. The first kappa shape index (κ1) is 17.7. The van der Waals surface area contributed by atoms with Crippen molar-refractivity contribution in [3.63, 3.8) is 0 Å². The summed E-state index contributed by atoms with van der Waals surface area (Å²) in [7, 11) is 0. The molecule has 0 atom stereocenters. The summed E-state index contributed by atoms with van der Waals surface area (Å²) in [6.45, 7) is 2.09. The van der Waals surface area contributed by atoms with E-state index in [1.165, 1.54) is 27.2 Å².